The molecular formula is C12H15BrClN3. The minimum Gasteiger partial charge on any atom is -0.370 e. The van der Waals surface area contributed by atoms with Crippen LogP contribution in [-0.2, 0) is 6.42 Å². The van der Waals surface area contributed by atoms with E-state index in [2.05, 4.69) is 26.2 Å². The maximum atomic E-state index is 5.94. The van der Waals surface area contributed by atoms with Crippen LogP contribution < -0.4 is 11.1 Å². The van der Waals surface area contributed by atoms with Crippen molar-refractivity contribution in [2.75, 3.05) is 6.54 Å². The summed E-state index contributed by atoms with van der Waals surface area (Å²) in [6.07, 6.45) is 3.24. The van der Waals surface area contributed by atoms with Gasteiger partial charge in [0.15, 0.2) is 5.96 Å². The minimum atomic E-state index is 0.547. The van der Waals surface area contributed by atoms with Gasteiger partial charge in [0.25, 0.3) is 0 Å². The summed E-state index contributed by atoms with van der Waals surface area (Å²) < 4.78 is 1.06. The van der Waals surface area contributed by atoms with Crippen molar-refractivity contribution in [2.45, 2.75) is 25.3 Å². The van der Waals surface area contributed by atoms with Crippen molar-refractivity contribution in [3.8, 4) is 0 Å². The lowest BCUT2D eigenvalue weighted by molar-refractivity contribution is 0.869. The monoisotopic (exact) mass is 315 g/mol. The Kier molecular flexibility index (Phi) is 4.29. The highest BCUT2D eigenvalue weighted by Crippen LogP contribution is 2.21. The quantitative estimate of drug-likeness (QED) is 0.663. The van der Waals surface area contributed by atoms with Crippen molar-refractivity contribution in [3.63, 3.8) is 0 Å². The Morgan fingerprint density at radius 1 is 1.53 bits per heavy atom. The van der Waals surface area contributed by atoms with Crippen molar-refractivity contribution in [2.24, 2.45) is 10.7 Å². The SMILES string of the molecule is NC(=NCCc1cc(Cl)ccc1Br)NC1CC1. The van der Waals surface area contributed by atoms with Gasteiger partial charge >= 0.3 is 0 Å². The Hall–Kier alpha value is -0.740. The van der Waals surface area contributed by atoms with E-state index >= 15 is 0 Å². The predicted molar refractivity (Wildman–Crippen MR) is 75.5 cm³/mol. The third-order valence-electron chi connectivity index (χ3n) is 2.60. The van der Waals surface area contributed by atoms with Crippen LogP contribution in [0.1, 0.15) is 18.4 Å². The average molecular weight is 317 g/mol. The Morgan fingerprint density at radius 3 is 3.00 bits per heavy atom. The second kappa shape index (κ2) is 5.74. The first-order chi connectivity index (χ1) is 8.15. The summed E-state index contributed by atoms with van der Waals surface area (Å²) in [5, 5.41) is 3.90. The third-order valence-corrected chi connectivity index (χ3v) is 3.61. The Labute approximate surface area is 115 Å². The van der Waals surface area contributed by atoms with E-state index in [9.17, 15) is 0 Å². The zero-order valence-electron chi connectivity index (χ0n) is 9.42. The highest BCUT2D eigenvalue weighted by Gasteiger charge is 2.21. The van der Waals surface area contributed by atoms with E-state index in [0.29, 0.717) is 18.5 Å². The number of nitrogens with two attached hydrogens (primary N) is 1. The first kappa shape index (κ1) is 12.7. The van der Waals surface area contributed by atoms with Crippen LogP contribution >= 0.6 is 27.5 Å². The molecule has 5 heteroatoms. The summed E-state index contributed by atoms with van der Waals surface area (Å²) in [5.74, 6) is 0.547. The molecule has 92 valence electrons. The van der Waals surface area contributed by atoms with E-state index in [4.69, 9.17) is 17.3 Å². The van der Waals surface area contributed by atoms with E-state index in [-0.39, 0.29) is 0 Å². The molecule has 0 bridgehead atoms. The largest absolute Gasteiger partial charge is 0.370 e. The molecule has 1 aromatic rings. The smallest absolute Gasteiger partial charge is 0.188 e. The van der Waals surface area contributed by atoms with E-state index in [1.54, 1.807) is 0 Å². The van der Waals surface area contributed by atoms with Gasteiger partial charge in [-0.25, -0.2) is 0 Å². The average Bonchev–Trinajstić information content (AvgIpc) is 3.07. The molecule has 1 aliphatic rings. The summed E-state index contributed by atoms with van der Waals surface area (Å²) in [5.41, 5.74) is 6.90. The van der Waals surface area contributed by atoms with E-state index < -0.39 is 0 Å². The van der Waals surface area contributed by atoms with Gasteiger partial charge in [0.1, 0.15) is 0 Å². The molecule has 0 saturated heterocycles. The van der Waals surface area contributed by atoms with Crippen LogP contribution in [0.15, 0.2) is 27.7 Å². The van der Waals surface area contributed by atoms with Gasteiger partial charge in [0, 0.05) is 22.1 Å². The van der Waals surface area contributed by atoms with Crippen LogP contribution in [0.3, 0.4) is 0 Å². The third kappa shape index (κ3) is 4.21. The lowest BCUT2D eigenvalue weighted by Gasteiger charge is -2.05. The first-order valence-corrected chi connectivity index (χ1v) is 6.82. The number of halogens is 2. The molecule has 17 heavy (non-hydrogen) atoms. The van der Waals surface area contributed by atoms with E-state index in [1.165, 1.54) is 12.8 Å². The van der Waals surface area contributed by atoms with Crippen LogP contribution in [0.25, 0.3) is 0 Å². The molecule has 0 unspecified atom stereocenters. The normalized spacial score (nSPS) is 16.0. The predicted octanol–water partition coefficient (Wildman–Crippen LogP) is 2.71. The Balaban J connectivity index is 1.86. The van der Waals surface area contributed by atoms with Crippen molar-refractivity contribution in [3.05, 3.63) is 33.3 Å². The van der Waals surface area contributed by atoms with Gasteiger partial charge < -0.3 is 11.1 Å². The molecule has 2 rings (SSSR count). The number of rotatable bonds is 4. The fraction of sp³-hybridized carbons (Fsp3) is 0.417. The van der Waals surface area contributed by atoms with Gasteiger partial charge in [-0.05, 0) is 43.0 Å². The molecule has 1 aromatic carbocycles. The molecular weight excluding hydrogens is 302 g/mol. The summed E-state index contributed by atoms with van der Waals surface area (Å²) >= 11 is 9.44. The second-order valence-corrected chi connectivity index (χ2v) is 5.46. The Bertz CT molecular complexity index is 430. The molecule has 0 amide bonds. The summed E-state index contributed by atoms with van der Waals surface area (Å²) in [6, 6.07) is 6.32. The number of nitrogens with zero attached hydrogens (tertiary/aromatic N) is 1. The number of hydrogen-bond acceptors (Lipinski definition) is 1. The van der Waals surface area contributed by atoms with Crippen LogP contribution in [-0.4, -0.2) is 18.5 Å². The fourth-order valence-corrected chi connectivity index (χ4v) is 2.15. The highest BCUT2D eigenvalue weighted by molar-refractivity contribution is 9.10. The van der Waals surface area contributed by atoms with Gasteiger partial charge in [-0.1, -0.05) is 27.5 Å². The van der Waals surface area contributed by atoms with Gasteiger partial charge in [0.05, 0.1) is 0 Å². The molecule has 1 aliphatic carbocycles. The van der Waals surface area contributed by atoms with Gasteiger partial charge in [-0.2, -0.15) is 0 Å². The van der Waals surface area contributed by atoms with Crippen LogP contribution in [0.4, 0.5) is 0 Å². The Morgan fingerprint density at radius 2 is 2.29 bits per heavy atom. The standard InChI is InChI=1S/C12H15BrClN3/c13-11-4-1-9(14)7-8(11)5-6-16-12(15)17-10-2-3-10/h1,4,7,10H,2-3,5-6H2,(H3,15,16,17). The van der Waals surface area contributed by atoms with Crippen LogP contribution in [0.2, 0.25) is 5.02 Å². The zero-order chi connectivity index (χ0) is 12.3. The van der Waals surface area contributed by atoms with Gasteiger partial charge in [0.2, 0.25) is 0 Å². The number of guanidine groups is 1. The van der Waals surface area contributed by atoms with Crippen molar-refractivity contribution < 1.29 is 0 Å². The van der Waals surface area contributed by atoms with Crippen molar-refractivity contribution in [1.29, 1.82) is 0 Å². The summed E-state index contributed by atoms with van der Waals surface area (Å²) in [4.78, 5) is 4.29. The van der Waals surface area contributed by atoms with E-state index in [0.717, 1.165) is 21.5 Å². The van der Waals surface area contributed by atoms with Crippen molar-refractivity contribution in [1.82, 2.24) is 5.32 Å². The van der Waals surface area contributed by atoms with Gasteiger partial charge in [-0.3, -0.25) is 4.99 Å². The molecule has 1 fully saturated rings. The number of aliphatic imine (C=N–C) groups is 1. The van der Waals surface area contributed by atoms with Crippen LogP contribution in [0, 0.1) is 0 Å². The number of benzene rings is 1. The van der Waals surface area contributed by atoms with Crippen LogP contribution in [0.5, 0.6) is 0 Å². The number of hydrogen-bond donors (Lipinski definition) is 2. The molecule has 0 spiro atoms. The molecule has 0 aromatic heterocycles. The maximum absolute atomic E-state index is 5.94. The lowest BCUT2D eigenvalue weighted by atomic mass is 10.1. The first-order valence-electron chi connectivity index (χ1n) is 5.65. The molecule has 0 atom stereocenters. The second-order valence-electron chi connectivity index (χ2n) is 4.17. The summed E-state index contributed by atoms with van der Waals surface area (Å²) in [7, 11) is 0. The van der Waals surface area contributed by atoms with Gasteiger partial charge in [-0.15, -0.1) is 0 Å². The lowest BCUT2D eigenvalue weighted by Crippen LogP contribution is -2.33. The topological polar surface area (TPSA) is 50.4 Å². The minimum absolute atomic E-state index is 0.547. The maximum Gasteiger partial charge on any atom is 0.188 e. The molecule has 0 radical (unpaired) electrons. The van der Waals surface area contributed by atoms with E-state index in [1.807, 2.05) is 18.2 Å². The number of nitrogens with one attached hydrogen (secondary N) is 1. The fourth-order valence-electron chi connectivity index (χ4n) is 1.51. The summed E-state index contributed by atoms with van der Waals surface area (Å²) in [6.45, 7) is 0.671. The van der Waals surface area contributed by atoms with Crippen molar-refractivity contribution >= 4 is 33.5 Å². The molecule has 0 heterocycles. The highest BCUT2D eigenvalue weighted by atomic mass is 79.9. The molecule has 3 nitrogen and oxygen atoms in total. The molecule has 3 N–H and O–H groups in total. The zero-order valence-corrected chi connectivity index (χ0v) is 11.8. The molecule has 1 saturated carbocycles. The molecule has 0 aliphatic heterocycles.